The van der Waals surface area contributed by atoms with Crippen molar-refractivity contribution in [1.29, 1.82) is 0 Å². The number of aromatic nitrogens is 1. The molecule has 0 unspecified atom stereocenters. The molecule has 0 radical (unpaired) electrons. The van der Waals surface area contributed by atoms with Gasteiger partial charge >= 0.3 is 0 Å². The maximum absolute atomic E-state index is 11.8. The summed E-state index contributed by atoms with van der Waals surface area (Å²) < 4.78 is 5.27. The van der Waals surface area contributed by atoms with Crippen molar-refractivity contribution in [3.05, 3.63) is 24.0 Å². The van der Waals surface area contributed by atoms with E-state index in [1.54, 1.807) is 12.3 Å². The Morgan fingerprint density at radius 3 is 3.00 bits per heavy atom. The monoisotopic (exact) mass is 249 g/mol. The molecule has 2 heterocycles. The number of hydrogen-bond acceptors (Lipinski definition) is 4. The number of carbonyl (C=O) groups excluding carboxylic acids is 1. The first-order chi connectivity index (χ1) is 8.74. The number of pyridine rings is 1. The van der Waals surface area contributed by atoms with Gasteiger partial charge < -0.3 is 10.1 Å². The van der Waals surface area contributed by atoms with E-state index in [9.17, 15) is 4.79 Å². The van der Waals surface area contributed by atoms with Crippen LogP contribution in [0.1, 0.15) is 12.1 Å². The van der Waals surface area contributed by atoms with Gasteiger partial charge in [0.05, 0.1) is 13.2 Å². The second-order valence-corrected chi connectivity index (χ2v) is 4.44. The minimum atomic E-state index is 0.0482. The number of ether oxygens (including phenoxy) is 1. The second kappa shape index (κ2) is 6.47. The van der Waals surface area contributed by atoms with Crippen molar-refractivity contribution in [2.45, 2.75) is 13.3 Å². The van der Waals surface area contributed by atoms with E-state index in [1.807, 2.05) is 13.0 Å². The van der Waals surface area contributed by atoms with Crippen molar-refractivity contribution in [2.75, 3.05) is 38.2 Å². The van der Waals surface area contributed by atoms with Crippen molar-refractivity contribution < 1.29 is 9.53 Å². The molecular weight excluding hydrogens is 230 g/mol. The highest BCUT2D eigenvalue weighted by atomic mass is 16.5. The van der Waals surface area contributed by atoms with Crippen LogP contribution < -0.4 is 5.32 Å². The minimum absolute atomic E-state index is 0.0482. The van der Waals surface area contributed by atoms with Crippen LogP contribution in [0.2, 0.25) is 0 Å². The first-order valence-corrected chi connectivity index (χ1v) is 6.26. The molecule has 0 spiro atoms. The summed E-state index contributed by atoms with van der Waals surface area (Å²) in [6.45, 7) is 6.07. The van der Waals surface area contributed by atoms with Crippen LogP contribution in [0.5, 0.6) is 0 Å². The molecule has 1 amide bonds. The molecule has 0 bridgehead atoms. The van der Waals surface area contributed by atoms with Gasteiger partial charge in [0.2, 0.25) is 5.91 Å². The van der Waals surface area contributed by atoms with Gasteiger partial charge in [0.1, 0.15) is 0 Å². The van der Waals surface area contributed by atoms with Gasteiger partial charge in [-0.1, -0.05) is 0 Å². The molecule has 5 heteroatoms. The molecule has 0 saturated carbocycles. The lowest BCUT2D eigenvalue weighted by Gasteiger charge is -2.26. The quantitative estimate of drug-likeness (QED) is 0.866. The third-order valence-corrected chi connectivity index (χ3v) is 2.94. The molecule has 1 aliphatic rings. The second-order valence-electron chi connectivity index (χ2n) is 4.44. The Labute approximate surface area is 107 Å². The van der Waals surface area contributed by atoms with E-state index in [2.05, 4.69) is 15.2 Å². The van der Waals surface area contributed by atoms with Gasteiger partial charge in [0.15, 0.2) is 0 Å². The standard InChI is InChI=1S/C13H19N3O2/c1-11-10-12(2-4-14-11)15-13(17)3-5-16-6-8-18-9-7-16/h2,4,10H,3,5-9H2,1H3,(H,14,15,17). The first-order valence-electron chi connectivity index (χ1n) is 6.26. The highest BCUT2D eigenvalue weighted by molar-refractivity contribution is 5.90. The van der Waals surface area contributed by atoms with Gasteiger partial charge in [-0.2, -0.15) is 0 Å². The molecule has 2 rings (SSSR count). The Balaban J connectivity index is 1.74. The van der Waals surface area contributed by atoms with Gasteiger partial charge in [0, 0.05) is 43.6 Å². The van der Waals surface area contributed by atoms with Crippen LogP contribution in [0.4, 0.5) is 5.69 Å². The molecule has 1 saturated heterocycles. The van der Waals surface area contributed by atoms with Crippen LogP contribution >= 0.6 is 0 Å². The summed E-state index contributed by atoms with van der Waals surface area (Å²) in [5.74, 6) is 0.0482. The number of aryl methyl sites for hydroxylation is 1. The van der Waals surface area contributed by atoms with E-state index >= 15 is 0 Å². The molecule has 1 aromatic heterocycles. The number of nitrogens with one attached hydrogen (secondary N) is 1. The van der Waals surface area contributed by atoms with Gasteiger partial charge in [-0.25, -0.2) is 0 Å². The lowest BCUT2D eigenvalue weighted by molar-refractivity contribution is -0.116. The van der Waals surface area contributed by atoms with Crippen LogP contribution in [-0.2, 0) is 9.53 Å². The predicted molar refractivity (Wildman–Crippen MR) is 69.5 cm³/mol. The topological polar surface area (TPSA) is 54.5 Å². The summed E-state index contributed by atoms with van der Waals surface area (Å²) in [7, 11) is 0. The van der Waals surface area contributed by atoms with Gasteiger partial charge in [-0.05, 0) is 19.1 Å². The molecule has 1 aliphatic heterocycles. The van der Waals surface area contributed by atoms with Crippen molar-refractivity contribution in [3.63, 3.8) is 0 Å². The summed E-state index contributed by atoms with van der Waals surface area (Å²) in [6, 6.07) is 3.67. The molecule has 18 heavy (non-hydrogen) atoms. The van der Waals surface area contributed by atoms with E-state index in [-0.39, 0.29) is 5.91 Å². The lowest BCUT2D eigenvalue weighted by atomic mass is 10.3. The Hall–Kier alpha value is -1.46. The number of rotatable bonds is 4. The molecule has 5 nitrogen and oxygen atoms in total. The fraction of sp³-hybridized carbons (Fsp3) is 0.538. The fourth-order valence-electron chi connectivity index (χ4n) is 1.93. The van der Waals surface area contributed by atoms with E-state index in [0.29, 0.717) is 6.42 Å². The third kappa shape index (κ3) is 4.09. The van der Waals surface area contributed by atoms with E-state index in [4.69, 9.17) is 4.74 Å². The maximum Gasteiger partial charge on any atom is 0.225 e. The van der Waals surface area contributed by atoms with Crippen molar-refractivity contribution in [1.82, 2.24) is 9.88 Å². The number of morpholine rings is 1. The van der Waals surface area contributed by atoms with E-state index in [0.717, 1.165) is 44.2 Å². The summed E-state index contributed by atoms with van der Waals surface area (Å²) in [6.07, 6.45) is 2.22. The number of anilines is 1. The van der Waals surface area contributed by atoms with Gasteiger partial charge in [0.25, 0.3) is 0 Å². The number of carbonyl (C=O) groups is 1. The Bertz CT molecular complexity index is 403. The van der Waals surface area contributed by atoms with Crippen molar-refractivity contribution in [2.24, 2.45) is 0 Å². The predicted octanol–water partition coefficient (Wildman–Crippen LogP) is 1.05. The summed E-state index contributed by atoms with van der Waals surface area (Å²) >= 11 is 0. The van der Waals surface area contributed by atoms with Crippen molar-refractivity contribution in [3.8, 4) is 0 Å². The number of hydrogen-bond donors (Lipinski definition) is 1. The average molecular weight is 249 g/mol. The highest BCUT2D eigenvalue weighted by Crippen LogP contribution is 2.07. The van der Waals surface area contributed by atoms with Gasteiger partial charge in [-0.15, -0.1) is 0 Å². The van der Waals surface area contributed by atoms with Crippen LogP contribution in [0, 0.1) is 6.92 Å². The Morgan fingerprint density at radius 1 is 1.50 bits per heavy atom. The molecular formula is C13H19N3O2. The van der Waals surface area contributed by atoms with Crippen LogP contribution in [0.3, 0.4) is 0 Å². The van der Waals surface area contributed by atoms with Crippen LogP contribution in [0.25, 0.3) is 0 Å². The smallest absolute Gasteiger partial charge is 0.225 e. The summed E-state index contributed by atoms with van der Waals surface area (Å²) in [5.41, 5.74) is 1.72. The third-order valence-electron chi connectivity index (χ3n) is 2.94. The zero-order valence-electron chi connectivity index (χ0n) is 10.7. The SMILES string of the molecule is Cc1cc(NC(=O)CCN2CCOCC2)ccn1. The first kappa shape index (κ1) is 13.0. The molecule has 1 aromatic rings. The molecule has 1 fully saturated rings. The van der Waals surface area contributed by atoms with Gasteiger partial charge in [-0.3, -0.25) is 14.7 Å². The maximum atomic E-state index is 11.8. The van der Waals surface area contributed by atoms with Crippen LogP contribution in [-0.4, -0.2) is 48.6 Å². The molecule has 98 valence electrons. The molecule has 0 aliphatic carbocycles. The van der Waals surface area contributed by atoms with Crippen molar-refractivity contribution >= 4 is 11.6 Å². The molecule has 1 N–H and O–H groups in total. The zero-order chi connectivity index (χ0) is 12.8. The van der Waals surface area contributed by atoms with Crippen LogP contribution in [0.15, 0.2) is 18.3 Å². The lowest BCUT2D eigenvalue weighted by Crippen LogP contribution is -2.38. The fourth-order valence-corrected chi connectivity index (χ4v) is 1.93. The minimum Gasteiger partial charge on any atom is -0.379 e. The zero-order valence-corrected chi connectivity index (χ0v) is 10.7. The summed E-state index contributed by atoms with van der Waals surface area (Å²) in [4.78, 5) is 18.1. The number of amides is 1. The van der Waals surface area contributed by atoms with E-state index in [1.165, 1.54) is 0 Å². The van der Waals surface area contributed by atoms with E-state index < -0.39 is 0 Å². The summed E-state index contributed by atoms with van der Waals surface area (Å²) in [5, 5.41) is 2.89. The largest absolute Gasteiger partial charge is 0.379 e. The highest BCUT2D eigenvalue weighted by Gasteiger charge is 2.11. The average Bonchev–Trinajstić information content (AvgIpc) is 2.38. The molecule has 0 aromatic carbocycles. The number of nitrogens with zero attached hydrogens (tertiary/aromatic N) is 2. The Kier molecular flexibility index (Phi) is 4.66. The normalized spacial score (nSPS) is 16.5. The molecule has 0 atom stereocenters. The Morgan fingerprint density at radius 2 is 2.28 bits per heavy atom.